The van der Waals surface area contributed by atoms with Crippen molar-refractivity contribution in [1.29, 1.82) is 0 Å². The van der Waals surface area contributed by atoms with Crippen molar-refractivity contribution in [2.75, 3.05) is 6.61 Å². The first-order chi connectivity index (χ1) is 9.11. The van der Waals surface area contributed by atoms with Crippen LogP contribution in [0.2, 0.25) is 0 Å². The van der Waals surface area contributed by atoms with Crippen molar-refractivity contribution >= 4 is 10.9 Å². The second kappa shape index (κ2) is 6.02. The predicted molar refractivity (Wildman–Crippen MR) is 77.4 cm³/mol. The van der Waals surface area contributed by atoms with Crippen LogP contribution in [0, 0.1) is 12.8 Å². The van der Waals surface area contributed by atoms with Gasteiger partial charge in [0.25, 0.3) is 0 Å². The molecule has 2 unspecified atom stereocenters. The van der Waals surface area contributed by atoms with E-state index < -0.39 is 6.10 Å². The fraction of sp³-hybridized carbons (Fsp3) is 0.438. The largest absolute Gasteiger partial charge is 0.489 e. The van der Waals surface area contributed by atoms with Crippen LogP contribution in [0.15, 0.2) is 30.3 Å². The summed E-state index contributed by atoms with van der Waals surface area (Å²) in [6, 6.07) is 9.89. The van der Waals surface area contributed by atoms with Crippen LogP contribution in [0.3, 0.4) is 0 Å². The average molecular weight is 259 g/mol. The van der Waals surface area contributed by atoms with Gasteiger partial charge in [-0.3, -0.25) is 0 Å². The van der Waals surface area contributed by atoms with Gasteiger partial charge in [-0.1, -0.05) is 38.5 Å². The fourth-order valence-electron chi connectivity index (χ4n) is 1.95. The highest BCUT2D eigenvalue weighted by Gasteiger charge is 2.13. The zero-order valence-electron chi connectivity index (χ0n) is 11.8. The van der Waals surface area contributed by atoms with Gasteiger partial charge in [0.2, 0.25) is 0 Å². The lowest BCUT2D eigenvalue weighted by Crippen LogP contribution is -2.24. The SMILES string of the molecule is CCC(C)C(O)COc1cccc2ccc(C)nc12. The Kier molecular flexibility index (Phi) is 4.38. The van der Waals surface area contributed by atoms with Crippen molar-refractivity contribution in [1.82, 2.24) is 4.98 Å². The third-order valence-corrected chi connectivity index (χ3v) is 3.53. The van der Waals surface area contributed by atoms with Gasteiger partial charge in [0, 0.05) is 11.1 Å². The van der Waals surface area contributed by atoms with E-state index in [0.29, 0.717) is 6.61 Å². The topological polar surface area (TPSA) is 42.4 Å². The molecule has 0 radical (unpaired) electrons. The molecule has 0 amide bonds. The summed E-state index contributed by atoms with van der Waals surface area (Å²) in [5.41, 5.74) is 1.82. The van der Waals surface area contributed by atoms with Crippen molar-refractivity contribution in [3.63, 3.8) is 0 Å². The summed E-state index contributed by atoms with van der Waals surface area (Å²) < 4.78 is 5.75. The van der Waals surface area contributed by atoms with Crippen LogP contribution in [0.25, 0.3) is 10.9 Å². The average Bonchev–Trinajstić information content (AvgIpc) is 2.43. The Hall–Kier alpha value is -1.61. The molecule has 0 spiro atoms. The number of aromatic nitrogens is 1. The van der Waals surface area contributed by atoms with Gasteiger partial charge in [-0.15, -0.1) is 0 Å². The highest BCUT2D eigenvalue weighted by molar-refractivity contribution is 5.84. The number of ether oxygens (including phenoxy) is 1. The Morgan fingerprint density at radius 3 is 2.79 bits per heavy atom. The zero-order chi connectivity index (χ0) is 13.8. The van der Waals surface area contributed by atoms with Crippen LogP contribution in [0.4, 0.5) is 0 Å². The molecule has 0 aliphatic rings. The number of aliphatic hydroxyl groups is 1. The van der Waals surface area contributed by atoms with Gasteiger partial charge in [0.15, 0.2) is 0 Å². The van der Waals surface area contributed by atoms with E-state index in [1.54, 1.807) is 0 Å². The smallest absolute Gasteiger partial charge is 0.145 e. The molecule has 2 atom stereocenters. The van der Waals surface area contributed by atoms with Crippen LogP contribution in [-0.2, 0) is 0 Å². The molecule has 102 valence electrons. The quantitative estimate of drug-likeness (QED) is 0.895. The van der Waals surface area contributed by atoms with Crippen molar-refractivity contribution < 1.29 is 9.84 Å². The Bertz CT molecular complexity index is 553. The Balaban J connectivity index is 2.18. The minimum atomic E-state index is -0.440. The van der Waals surface area contributed by atoms with Crippen LogP contribution in [-0.4, -0.2) is 22.8 Å². The van der Waals surface area contributed by atoms with Crippen LogP contribution in [0.1, 0.15) is 26.0 Å². The number of aryl methyl sites for hydroxylation is 1. The lowest BCUT2D eigenvalue weighted by atomic mass is 10.0. The number of benzene rings is 1. The van der Waals surface area contributed by atoms with Gasteiger partial charge in [-0.25, -0.2) is 4.98 Å². The molecular formula is C16H21NO2. The molecule has 2 rings (SSSR count). The first kappa shape index (κ1) is 13.8. The summed E-state index contributed by atoms with van der Waals surface area (Å²) in [5, 5.41) is 11.0. The van der Waals surface area contributed by atoms with Crippen LogP contribution < -0.4 is 4.74 Å². The molecule has 1 heterocycles. The van der Waals surface area contributed by atoms with Crippen molar-refractivity contribution in [2.45, 2.75) is 33.3 Å². The third-order valence-electron chi connectivity index (χ3n) is 3.53. The van der Waals surface area contributed by atoms with Gasteiger partial charge in [0.1, 0.15) is 17.9 Å². The molecule has 3 heteroatoms. The van der Waals surface area contributed by atoms with Gasteiger partial charge in [0.05, 0.1) is 6.10 Å². The van der Waals surface area contributed by atoms with E-state index in [1.165, 1.54) is 0 Å². The number of aliphatic hydroxyl groups excluding tert-OH is 1. The van der Waals surface area contributed by atoms with Crippen LogP contribution >= 0.6 is 0 Å². The molecule has 2 aromatic rings. The van der Waals surface area contributed by atoms with E-state index in [0.717, 1.165) is 28.8 Å². The van der Waals surface area contributed by atoms with Crippen molar-refractivity contribution in [3.05, 3.63) is 36.0 Å². The highest BCUT2D eigenvalue weighted by atomic mass is 16.5. The van der Waals surface area contributed by atoms with Crippen LogP contribution in [0.5, 0.6) is 5.75 Å². The van der Waals surface area contributed by atoms with Crippen molar-refractivity contribution in [2.24, 2.45) is 5.92 Å². The zero-order valence-corrected chi connectivity index (χ0v) is 11.8. The first-order valence-electron chi connectivity index (χ1n) is 6.79. The summed E-state index contributed by atoms with van der Waals surface area (Å²) in [4.78, 5) is 4.51. The maximum atomic E-state index is 9.96. The fourth-order valence-corrected chi connectivity index (χ4v) is 1.95. The Morgan fingerprint density at radius 1 is 1.26 bits per heavy atom. The molecule has 0 fully saturated rings. The second-order valence-corrected chi connectivity index (χ2v) is 5.04. The predicted octanol–water partition coefficient (Wildman–Crippen LogP) is 3.33. The maximum Gasteiger partial charge on any atom is 0.145 e. The molecule has 0 bridgehead atoms. The lowest BCUT2D eigenvalue weighted by Gasteiger charge is -2.18. The summed E-state index contributed by atoms with van der Waals surface area (Å²) >= 11 is 0. The van der Waals surface area contributed by atoms with E-state index in [4.69, 9.17) is 4.74 Å². The van der Waals surface area contributed by atoms with Gasteiger partial charge in [-0.05, 0) is 25.0 Å². The van der Waals surface area contributed by atoms with E-state index in [9.17, 15) is 5.11 Å². The Labute approximate surface area is 114 Å². The monoisotopic (exact) mass is 259 g/mol. The number of fused-ring (bicyclic) bond motifs is 1. The first-order valence-corrected chi connectivity index (χ1v) is 6.79. The standard InChI is InChI=1S/C16H21NO2/c1-4-11(2)14(18)10-19-15-7-5-6-13-9-8-12(3)17-16(13)15/h5-9,11,14,18H,4,10H2,1-3H3. The van der Waals surface area contributed by atoms with E-state index in [1.807, 2.05) is 44.2 Å². The molecule has 0 aliphatic heterocycles. The maximum absolute atomic E-state index is 9.96. The molecular weight excluding hydrogens is 238 g/mol. The number of hydrogen-bond acceptors (Lipinski definition) is 3. The number of hydrogen-bond donors (Lipinski definition) is 1. The summed E-state index contributed by atoms with van der Waals surface area (Å²) in [5.74, 6) is 0.980. The van der Waals surface area contributed by atoms with Gasteiger partial charge >= 0.3 is 0 Å². The molecule has 0 aliphatic carbocycles. The number of pyridine rings is 1. The highest BCUT2D eigenvalue weighted by Crippen LogP contribution is 2.24. The van der Waals surface area contributed by atoms with Crippen molar-refractivity contribution in [3.8, 4) is 5.75 Å². The van der Waals surface area contributed by atoms with Gasteiger partial charge < -0.3 is 9.84 Å². The van der Waals surface area contributed by atoms with E-state index in [2.05, 4.69) is 11.9 Å². The number of para-hydroxylation sites is 1. The summed E-state index contributed by atoms with van der Waals surface area (Å²) in [7, 11) is 0. The summed E-state index contributed by atoms with van der Waals surface area (Å²) in [6.07, 6.45) is 0.502. The summed E-state index contributed by atoms with van der Waals surface area (Å²) in [6.45, 7) is 6.37. The third kappa shape index (κ3) is 3.24. The molecule has 1 aromatic heterocycles. The molecule has 0 saturated heterocycles. The van der Waals surface area contributed by atoms with E-state index in [-0.39, 0.29) is 5.92 Å². The normalized spacial score (nSPS) is 14.3. The molecule has 19 heavy (non-hydrogen) atoms. The lowest BCUT2D eigenvalue weighted by molar-refractivity contribution is 0.0627. The Morgan fingerprint density at radius 2 is 2.05 bits per heavy atom. The minimum Gasteiger partial charge on any atom is -0.489 e. The second-order valence-electron chi connectivity index (χ2n) is 5.04. The number of nitrogens with zero attached hydrogens (tertiary/aromatic N) is 1. The van der Waals surface area contributed by atoms with E-state index >= 15 is 0 Å². The number of rotatable bonds is 5. The molecule has 1 aromatic carbocycles. The van der Waals surface area contributed by atoms with Gasteiger partial charge in [-0.2, -0.15) is 0 Å². The molecule has 0 saturated carbocycles. The minimum absolute atomic E-state index is 0.240. The molecule has 1 N–H and O–H groups in total. The molecule has 3 nitrogen and oxygen atoms in total.